The van der Waals surface area contributed by atoms with Gasteiger partial charge in [-0.15, -0.1) is 0 Å². The van der Waals surface area contributed by atoms with Crippen LogP contribution in [0.15, 0.2) is 23.4 Å². The maximum absolute atomic E-state index is 14.0. The van der Waals surface area contributed by atoms with E-state index in [0.717, 1.165) is 43.9 Å². The number of hydrogen-bond donors (Lipinski definition) is 1. The van der Waals surface area contributed by atoms with E-state index in [1.54, 1.807) is 4.90 Å². The fourth-order valence-electron chi connectivity index (χ4n) is 4.52. The summed E-state index contributed by atoms with van der Waals surface area (Å²) in [6.45, 7) is 1.05. The van der Waals surface area contributed by atoms with E-state index < -0.39 is 17.7 Å². The second-order valence-corrected chi connectivity index (χ2v) is 8.40. The SMILES string of the molecule is O=C(NC1CCN(C(=O)C2CC(c3cc(F)ccc3F)=NO2)CC1)C1CCCCC1. The molecule has 1 N–H and O–H groups in total. The molecule has 0 spiro atoms. The first kappa shape index (κ1) is 20.8. The zero-order chi connectivity index (χ0) is 21.1. The van der Waals surface area contributed by atoms with E-state index in [-0.39, 0.29) is 41.5 Å². The Morgan fingerprint density at radius 3 is 2.53 bits per heavy atom. The summed E-state index contributed by atoms with van der Waals surface area (Å²) >= 11 is 0. The fourth-order valence-corrected chi connectivity index (χ4v) is 4.52. The number of piperidine rings is 1. The van der Waals surface area contributed by atoms with Crippen LogP contribution in [0.5, 0.6) is 0 Å². The predicted octanol–water partition coefficient (Wildman–Crippen LogP) is 3.15. The van der Waals surface area contributed by atoms with E-state index in [2.05, 4.69) is 10.5 Å². The van der Waals surface area contributed by atoms with Gasteiger partial charge in [0.25, 0.3) is 5.91 Å². The fraction of sp³-hybridized carbons (Fsp3) is 0.591. The van der Waals surface area contributed by atoms with Crippen LogP contribution in [0, 0.1) is 17.6 Å². The monoisotopic (exact) mass is 419 g/mol. The van der Waals surface area contributed by atoms with Gasteiger partial charge in [0.05, 0.1) is 5.71 Å². The van der Waals surface area contributed by atoms with Crippen molar-refractivity contribution < 1.29 is 23.2 Å². The van der Waals surface area contributed by atoms with Gasteiger partial charge in [-0.3, -0.25) is 9.59 Å². The minimum atomic E-state index is -0.823. The molecule has 162 valence electrons. The molecule has 3 aliphatic rings. The van der Waals surface area contributed by atoms with E-state index >= 15 is 0 Å². The van der Waals surface area contributed by atoms with E-state index in [0.29, 0.717) is 25.9 Å². The number of amides is 2. The highest BCUT2D eigenvalue weighted by Gasteiger charge is 2.35. The molecule has 1 saturated carbocycles. The number of halogens is 2. The van der Waals surface area contributed by atoms with Crippen molar-refractivity contribution in [2.75, 3.05) is 13.1 Å². The summed E-state index contributed by atoms with van der Waals surface area (Å²) < 4.78 is 27.4. The molecule has 2 aliphatic heterocycles. The molecule has 2 amide bonds. The summed E-state index contributed by atoms with van der Waals surface area (Å²) in [7, 11) is 0. The number of nitrogens with one attached hydrogen (secondary N) is 1. The van der Waals surface area contributed by atoms with Crippen LogP contribution >= 0.6 is 0 Å². The van der Waals surface area contributed by atoms with Crippen molar-refractivity contribution in [3.8, 4) is 0 Å². The lowest BCUT2D eigenvalue weighted by Gasteiger charge is -2.34. The molecule has 6 nitrogen and oxygen atoms in total. The molecular weight excluding hydrogens is 392 g/mol. The molecule has 2 heterocycles. The standard InChI is InChI=1S/C22H27F2N3O3/c23-15-6-7-18(24)17(12-15)19-13-20(30-26-19)22(29)27-10-8-16(9-11-27)25-21(28)14-4-2-1-3-5-14/h6-7,12,14,16,20H,1-5,8-11,13H2,(H,25,28). The van der Waals surface area contributed by atoms with Crippen LogP contribution in [0.25, 0.3) is 0 Å². The molecule has 0 bridgehead atoms. The number of rotatable bonds is 4. The number of hydrogen-bond acceptors (Lipinski definition) is 4. The number of oxime groups is 1. The summed E-state index contributed by atoms with van der Waals surface area (Å²) in [5.41, 5.74) is 0.259. The molecule has 1 unspecified atom stereocenters. The highest BCUT2D eigenvalue weighted by molar-refractivity contribution is 6.04. The Balaban J connectivity index is 1.26. The van der Waals surface area contributed by atoms with Gasteiger partial charge < -0.3 is 15.1 Å². The molecule has 2 fully saturated rings. The minimum absolute atomic E-state index is 0.0226. The number of likely N-dealkylation sites (tertiary alicyclic amines) is 1. The summed E-state index contributed by atoms with van der Waals surface area (Å²) in [5.74, 6) is -1.09. The third-order valence-corrected chi connectivity index (χ3v) is 6.31. The van der Waals surface area contributed by atoms with Crippen molar-refractivity contribution >= 4 is 17.5 Å². The first-order valence-electron chi connectivity index (χ1n) is 10.8. The molecule has 1 aliphatic carbocycles. The van der Waals surface area contributed by atoms with Gasteiger partial charge in [-0.2, -0.15) is 0 Å². The summed E-state index contributed by atoms with van der Waals surface area (Å²) in [5, 5.41) is 6.97. The Hall–Kier alpha value is -2.51. The van der Waals surface area contributed by atoms with E-state index in [9.17, 15) is 18.4 Å². The molecule has 1 saturated heterocycles. The molecule has 1 aromatic carbocycles. The van der Waals surface area contributed by atoms with Crippen LogP contribution in [0.2, 0.25) is 0 Å². The molecule has 8 heteroatoms. The van der Waals surface area contributed by atoms with E-state index in [1.165, 1.54) is 6.42 Å². The highest BCUT2D eigenvalue weighted by atomic mass is 19.1. The minimum Gasteiger partial charge on any atom is -0.382 e. The smallest absolute Gasteiger partial charge is 0.266 e. The van der Waals surface area contributed by atoms with Crippen LogP contribution in [-0.4, -0.2) is 47.7 Å². The predicted molar refractivity (Wildman–Crippen MR) is 107 cm³/mol. The summed E-state index contributed by atoms with van der Waals surface area (Å²) in [6.07, 6.45) is 6.07. The Kier molecular flexibility index (Phi) is 6.29. The second-order valence-electron chi connectivity index (χ2n) is 8.40. The summed E-state index contributed by atoms with van der Waals surface area (Å²) in [4.78, 5) is 32.1. The quantitative estimate of drug-likeness (QED) is 0.815. The Labute approximate surface area is 174 Å². The van der Waals surface area contributed by atoms with Gasteiger partial charge in [0.15, 0.2) is 0 Å². The maximum Gasteiger partial charge on any atom is 0.266 e. The first-order chi connectivity index (χ1) is 14.5. The Morgan fingerprint density at radius 1 is 1.07 bits per heavy atom. The topological polar surface area (TPSA) is 71.0 Å². The number of carbonyl (C=O) groups excluding carboxylic acids is 2. The molecule has 1 aromatic rings. The normalized spacial score (nSPS) is 23.1. The largest absolute Gasteiger partial charge is 0.382 e. The maximum atomic E-state index is 14.0. The average Bonchev–Trinajstić information content (AvgIpc) is 3.26. The van der Waals surface area contributed by atoms with Crippen LogP contribution < -0.4 is 5.32 Å². The van der Waals surface area contributed by atoms with Gasteiger partial charge in [0, 0.05) is 37.0 Å². The van der Waals surface area contributed by atoms with Crippen molar-refractivity contribution in [1.82, 2.24) is 10.2 Å². The van der Waals surface area contributed by atoms with Crippen LogP contribution in [0.3, 0.4) is 0 Å². The number of carbonyl (C=O) groups is 2. The number of nitrogens with zero attached hydrogens (tertiary/aromatic N) is 2. The molecule has 4 rings (SSSR count). The molecular formula is C22H27F2N3O3. The third kappa shape index (κ3) is 4.63. The van der Waals surface area contributed by atoms with Crippen LogP contribution in [0.1, 0.15) is 56.9 Å². The third-order valence-electron chi connectivity index (χ3n) is 6.31. The van der Waals surface area contributed by atoms with Gasteiger partial charge in [-0.05, 0) is 43.9 Å². The Morgan fingerprint density at radius 2 is 1.80 bits per heavy atom. The molecule has 30 heavy (non-hydrogen) atoms. The highest BCUT2D eigenvalue weighted by Crippen LogP contribution is 2.25. The van der Waals surface area contributed by atoms with Crippen LogP contribution in [0.4, 0.5) is 8.78 Å². The van der Waals surface area contributed by atoms with Gasteiger partial charge in [-0.1, -0.05) is 24.4 Å². The van der Waals surface area contributed by atoms with Gasteiger partial charge in [0.2, 0.25) is 12.0 Å². The van der Waals surface area contributed by atoms with Crippen molar-refractivity contribution in [3.05, 3.63) is 35.4 Å². The van der Waals surface area contributed by atoms with Gasteiger partial charge >= 0.3 is 0 Å². The molecule has 1 atom stereocenters. The number of benzene rings is 1. The molecule has 0 radical (unpaired) electrons. The average molecular weight is 419 g/mol. The van der Waals surface area contributed by atoms with Crippen molar-refractivity contribution in [3.63, 3.8) is 0 Å². The van der Waals surface area contributed by atoms with Crippen molar-refractivity contribution in [2.45, 2.75) is 63.5 Å². The second kappa shape index (κ2) is 9.10. The van der Waals surface area contributed by atoms with E-state index in [4.69, 9.17) is 4.84 Å². The zero-order valence-electron chi connectivity index (χ0n) is 16.9. The lowest BCUT2D eigenvalue weighted by Crippen LogP contribution is -2.50. The first-order valence-corrected chi connectivity index (χ1v) is 10.8. The van der Waals surface area contributed by atoms with Crippen LogP contribution in [-0.2, 0) is 14.4 Å². The zero-order valence-corrected chi connectivity index (χ0v) is 16.9. The lowest BCUT2D eigenvalue weighted by molar-refractivity contribution is -0.143. The summed E-state index contributed by atoms with van der Waals surface area (Å²) in [6, 6.07) is 3.22. The van der Waals surface area contributed by atoms with Gasteiger partial charge in [0.1, 0.15) is 11.6 Å². The Bertz CT molecular complexity index is 831. The van der Waals surface area contributed by atoms with E-state index in [1.807, 2.05) is 0 Å². The van der Waals surface area contributed by atoms with Crippen molar-refractivity contribution in [1.29, 1.82) is 0 Å². The van der Waals surface area contributed by atoms with Gasteiger partial charge in [-0.25, -0.2) is 8.78 Å². The molecule has 0 aromatic heterocycles. The van der Waals surface area contributed by atoms with Crippen molar-refractivity contribution in [2.24, 2.45) is 11.1 Å². The lowest BCUT2D eigenvalue weighted by atomic mass is 9.88.